The zero-order valence-electron chi connectivity index (χ0n) is 17.4. The molecule has 0 unspecified atom stereocenters. The third-order valence-corrected chi connectivity index (χ3v) is 6.73. The Labute approximate surface area is 171 Å². The van der Waals surface area contributed by atoms with Gasteiger partial charge in [0.05, 0.1) is 18.6 Å². The van der Waals surface area contributed by atoms with Crippen LogP contribution in [0.2, 0.25) is 0 Å². The average Bonchev–Trinajstić information content (AvgIpc) is 2.89. The highest BCUT2D eigenvalue weighted by Crippen LogP contribution is 2.24. The monoisotopic (exact) mass is 418 g/mol. The van der Waals surface area contributed by atoms with Gasteiger partial charge in [-0.3, -0.25) is 4.79 Å². The first kappa shape index (κ1) is 22.6. The molecular weight excluding hydrogens is 392 g/mol. The molecule has 0 saturated heterocycles. The van der Waals surface area contributed by atoms with E-state index in [9.17, 15) is 18.0 Å². The van der Waals surface area contributed by atoms with E-state index in [1.54, 1.807) is 37.6 Å². The maximum atomic E-state index is 13.1. The van der Waals surface area contributed by atoms with Gasteiger partial charge in [0, 0.05) is 24.8 Å². The third kappa shape index (κ3) is 4.33. The van der Waals surface area contributed by atoms with Crippen molar-refractivity contribution in [1.29, 1.82) is 0 Å². The Hall–Kier alpha value is -2.71. The molecule has 1 aromatic carbocycles. The van der Waals surface area contributed by atoms with E-state index in [0.29, 0.717) is 16.8 Å². The van der Waals surface area contributed by atoms with E-state index >= 15 is 0 Å². The second-order valence-corrected chi connectivity index (χ2v) is 8.75. The summed E-state index contributed by atoms with van der Waals surface area (Å²) in [5, 5.41) is 0. The maximum absolute atomic E-state index is 13.1. The largest absolute Gasteiger partial charge is 0.464 e. The van der Waals surface area contributed by atoms with E-state index in [2.05, 4.69) is 6.58 Å². The van der Waals surface area contributed by atoms with Crippen LogP contribution < -0.4 is 0 Å². The molecular formula is C21H26N2O5S. The molecule has 8 heteroatoms. The highest BCUT2D eigenvalue weighted by atomic mass is 32.2. The Balaban J connectivity index is 2.44. The number of sulfonamides is 1. The second-order valence-electron chi connectivity index (χ2n) is 6.81. The summed E-state index contributed by atoms with van der Waals surface area (Å²) >= 11 is 0. The number of Topliss-reactive ketones (excluding diaryl/α,β-unsaturated/α-hetero) is 1. The van der Waals surface area contributed by atoms with Crippen molar-refractivity contribution in [1.82, 2.24) is 8.87 Å². The number of methoxy groups -OCH3 is 1. The van der Waals surface area contributed by atoms with Gasteiger partial charge >= 0.3 is 5.97 Å². The second kappa shape index (κ2) is 8.75. The lowest BCUT2D eigenvalue weighted by Crippen LogP contribution is -2.36. The molecule has 0 N–H and O–H groups in total. The van der Waals surface area contributed by atoms with Crippen LogP contribution in [-0.4, -0.2) is 49.2 Å². The van der Waals surface area contributed by atoms with Gasteiger partial charge in [-0.15, -0.1) is 6.58 Å². The molecule has 0 aliphatic carbocycles. The predicted octanol–water partition coefficient (Wildman–Crippen LogP) is 2.80. The van der Waals surface area contributed by atoms with E-state index in [1.807, 2.05) is 6.92 Å². The SMILES string of the molecule is C=CCN(CC(=O)c1c(C)c(C(=O)OC)n(C)c1C)S(=O)(=O)c1ccc(C)cc1. The number of rotatable bonds is 8. The summed E-state index contributed by atoms with van der Waals surface area (Å²) in [6, 6.07) is 6.43. The van der Waals surface area contributed by atoms with Crippen molar-refractivity contribution in [2.75, 3.05) is 20.2 Å². The van der Waals surface area contributed by atoms with Crippen LogP contribution >= 0.6 is 0 Å². The van der Waals surface area contributed by atoms with Crippen LogP contribution in [0.5, 0.6) is 0 Å². The first-order valence-electron chi connectivity index (χ1n) is 9.01. The zero-order valence-corrected chi connectivity index (χ0v) is 18.2. The van der Waals surface area contributed by atoms with E-state index in [1.165, 1.54) is 25.3 Å². The molecule has 7 nitrogen and oxygen atoms in total. The molecule has 29 heavy (non-hydrogen) atoms. The van der Waals surface area contributed by atoms with Gasteiger partial charge < -0.3 is 9.30 Å². The lowest BCUT2D eigenvalue weighted by atomic mass is 10.1. The first-order valence-corrected chi connectivity index (χ1v) is 10.4. The predicted molar refractivity (Wildman–Crippen MR) is 111 cm³/mol. The molecule has 1 aromatic heterocycles. The molecule has 0 atom stereocenters. The van der Waals surface area contributed by atoms with Gasteiger partial charge in [-0.1, -0.05) is 23.8 Å². The quantitative estimate of drug-likeness (QED) is 0.374. The molecule has 0 fully saturated rings. The van der Waals surface area contributed by atoms with Crippen molar-refractivity contribution >= 4 is 21.8 Å². The molecule has 0 saturated carbocycles. The highest BCUT2D eigenvalue weighted by Gasteiger charge is 2.30. The number of aryl methyl sites for hydroxylation is 1. The molecule has 156 valence electrons. The van der Waals surface area contributed by atoms with Crippen LogP contribution in [0.15, 0.2) is 41.8 Å². The molecule has 0 radical (unpaired) electrons. The number of aromatic nitrogens is 1. The fourth-order valence-electron chi connectivity index (χ4n) is 3.26. The minimum absolute atomic E-state index is 0.0171. The van der Waals surface area contributed by atoms with Crippen molar-refractivity contribution in [2.24, 2.45) is 7.05 Å². The highest BCUT2D eigenvalue weighted by molar-refractivity contribution is 7.89. The van der Waals surface area contributed by atoms with Crippen LogP contribution in [0.3, 0.4) is 0 Å². The van der Waals surface area contributed by atoms with Gasteiger partial charge in [0.2, 0.25) is 10.0 Å². The smallest absolute Gasteiger partial charge is 0.354 e. The van der Waals surface area contributed by atoms with Gasteiger partial charge in [0.25, 0.3) is 0 Å². The first-order chi connectivity index (χ1) is 13.6. The van der Waals surface area contributed by atoms with Gasteiger partial charge in [-0.25, -0.2) is 13.2 Å². The topological polar surface area (TPSA) is 85.7 Å². The zero-order chi connectivity index (χ0) is 21.9. The van der Waals surface area contributed by atoms with Crippen LogP contribution in [0.4, 0.5) is 0 Å². The summed E-state index contributed by atoms with van der Waals surface area (Å²) in [4.78, 5) is 25.2. The number of carbonyl (C=O) groups excluding carboxylic acids is 2. The van der Waals surface area contributed by atoms with Crippen LogP contribution in [0.1, 0.15) is 37.7 Å². The third-order valence-electron chi connectivity index (χ3n) is 4.90. The summed E-state index contributed by atoms with van der Waals surface area (Å²) < 4.78 is 33.5. The minimum atomic E-state index is -3.89. The number of hydrogen-bond acceptors (Lipinski definition) is 5. The van der Waals surface area contributed by atoms with Crippen molar-refractivity contribution in [3.8, 4) is 0 Å². The normalized spacial score (nSPS) is 11.5. The molecule has 0 aliphatic heterocycles. The Morgan fingerprint density at radius 2 is 1.76 bits per heavy atom. The van der Waals surface area contributed by atoms with Gasteiger partial charge in [-0.2, -0.15) is 4.31 Å². The summed E-state index contributed by atoms with van der Waals surface area (Å²) in [5.74, 6) is -0.953. The number of nitrogens with zero attached hydrogens (tertiary/aromatic N) is 2. The Morgan fingerprint density at radius 1 is 1.17 bits per heavy atom. The summed E-state index contributed by atoms with van der Waals surface area (Å²) in [5.41, 5.74) is 2.56. The number of carbonyl (C=O) groups is 2. The summed E-state index contributed by atoms with van der Waals surface area (Å²) in [6.07, 6.45) is 1.43. The molecule has 1 heterocycles. The van der Waals surface area contributed by atoms with Crippen LogP contribution in [0.25, 0.3) is 0 Å². The Morgan fingerprint density at radius 3 is 2.28 bits per heavy atom. The summed E-state index contributed by atoms with van der Waals surface area (Å²) in [7, 11) is -0.958. The van der Waals surface area contributed by atoms with E-state index in [-0.39, 0.29) is 23.7 Å². The standard InChI is InChI=1S/C21H26N2O5S/c1-7-12-23(29(26,27)17-10-8-14(2)9-11-17)13-18(24)19-15(3)20(21(25)28-6)22(5)16(19)4/h7-11H,1,12-13H2,2-6H3. The van der Waals surface area contributed by atoms with Crippen molar-refractivity contribution in [3.63, 3.8) is 0 Å². The van der Waals surface area contributed by atoms with Crippen molar-refractivity contribution < 1.29 is 22.7 Å². The van der Waals surface area contributed by atoms with E-state index in [4.69, 9.17) is 4.74 Å². The van der Waals surface area contributed by atoms with Crippen molar-refractivity contribution in [2.45, 2.75) is 25.7 Å². The van der Waals surface area contributed by atoms with Gasteiger partial charge in [0.1, 0.15) is 5.69 Å². The Bertz CT molecular complexity index is 1050. The Kier molecular flexibility index (Phi) is 6.81. The van der Waals surface area contributed by atoms with E-state index < -0.39 is 21.8 Å². The van der Waals surface area contributed by atoms with Gasteiger partial charge in [0.15, 0.2) is 5.78 Å². The average molecular weight is 419 g/mol. The molecule has 0 amide bonds. The number of ketones is 1. The molecule has 2 rings (SSSR count). The number of ether oxygens (including phenoxy) is 1. The number of hydrogen-bond donors (Lipinski definition) is 0. The van der Waals surface area contributed by atoms with Gasteiger partial charge in [-0.05, 0) is 38.5 Å². The maximum Gasteiger partial charge on any atom is 0.354 e. The minimum Gasteiger partial charge on any atom is -0.464 e. The lowest BCUT2D eigenvalue weighted by molar-refractivity contribution is 0.0588. The number of esters is 1. The fraction of sp³-hybridized carbons (Fsp3) is 0.333. The molecule has 0 bridgehead atoms. The molecule has 2 aromatic rings. The number of benzene rings is 1. The lowest BCUT2D eigenvalue weighted by Gasteiger charge is -2.20. The van der Waals surface area contributed by atoms with Crippen molar-refractivity contribution in [3.05, 3.63) is 65.0 Å². The summed E-state index contributed by atoms with van der Waals surface area (Å²) in [6.45, 7) is 8.44. The van der Waals surface area contributed by atoms with E-state index in [0.717, 1.165) is 9.87 Å². The van der Waals surface area contributed by atoms with Crippen LogP contribution in [0, 0.1) is 20.8 Å². The molecule has 0 spiro atoms. The molecule has 0 aliphatic rings. The fourth-order valence-corrected chi connectivity index (χ4v) is 4.63. The van der Waals surface area contributed by atoms with Crippen LogP contribution in [-0.2, 0) is 21.8 Å².